The quantitative estimate of drug-likeness (QED) is 0.703. The van der Waals surface area contributed by atoms with Gasteiger partial charge in [0.1, 0.15) is 11.4 Å². The minimum Gasteiger partial charge on any atom is -0.361 e. The van der Waals surface area contributed by atoms with E-state index in [0.29, 0.717) is 6.61 Å². The summed E-state index contributed by atoms with van der Waals surface area (Å²) in [5.41, 5.74) is 3.04. The standard InChI is InChI=1S/C18H18BrFO/c1-2-3-10-18(14-4-7-16(20)8-5-14)17-9-6-15(19)11-13(17)12-21-18/h4-9,11H,2-3,10,12H2,1H3. The monoisotopic (exact) mass is 348 g/mol. The van der Waals surface area contributed by atoms with Crippen LogP contribution < -0.4 is 0 Å². The molecule has 0 N–H and O–H groups in total. The van der Waals surface area contributed by atoms with Crippen molar-refractivity contribution in [2.45, 2.75) is 38.4 Å². The van der Waals surface area contributed by atoms with Crippen LogP contribution in [-0.4, -0.2) is 0 Å². The van der Waals surface area contributed by atoms with Crippen molar-refractivity contribution >= 4 is 15.9 Å². The predicted octanol–water partition coefficient (Wildman–Crippen LogP) is 5.55. The molecule has 3 heteroatoms. The molecule has 0 aromatic heterocycles. The summed E-state index contributed by atoms with van der Waals surface area (Å²) >= 11 is 3.52. The van der Waals surface area contributed by atoms with Crippen molar-refractivity contribution in [2.75, 3.05) is 0 Å². The van der Waals surface area contributed by atoms with E-state index in [1.807, 2.05) is 12.1 Å². The topological polar surface area (TPSA) is 9.23 Å². The molecule has 21 heavy (non-hydrogen) atoms. The van der Waals surface area contributed by atoms with Gasteiger partial charge in [-0.05, 0) is 47.4 Å². The molecule has 110 valence electrons. The molecular weight excluding hydrogens is 331 g/mol. The average Bonchev–Trinajstić information content (AvgIpc) is 2.85. The van der Waals surface area contributed by atoms with E-state index in [-0.39, 0.29) is 5.82 Å². The number of unbranched alkanes of at least 4 members (excludes halogenated alkanes) is 1. The number of benzene rings is 2. The van der Waals surface area contributed by atoms with E-state index in [4.69, 9.17) is 4.74 Å². The molecule has 0 amide bonds. The van der Waals surface area contributed by atoms with E-state index in [1.165, 1.54) is 23.3 Å². The third-order valence-electron chi connectivity index (χ3n) is 4.17. The first-order valence-electron chi connectivity index (χ1n) is 7.34. The molecule has 1 heterocycles. The van der Waals surface area contributed by atoms with Crippen LogP contribution in [0.1, 0.15) is 42.9 Å². The number of fused-ring (bicyclic) bond motifs is 1. The Morgan fingerprint density at radius 2 is 1.95 bits per heavy atom. The van der Waals surface area contributed by atoms with E-state index in [0.717, 1.165) is 29.3 Å². The number of halogens is 2. The van der Waals surface area contributed by atoms with Gasteiger partial charge in [-0.3, -0.25) is 0 Å². The zero-order chi connectivity index (χ0) is 14.9. The van der Waals surface area contributed by atoms with Crippen LogP contribution >= 0.6 is 15.9 Å². The van der Waals surface area contributed by atoms with Gasteiger partial charge in [0.05, 0.1) is 6.61 Å². The van der Waals surface area contributed by atoms with Crippen molar-refractivity contribution in [3.63, 3.8) is 0 Å². The summed E-state index contributed by atoms with van der Waals surface area (Å²) in [6.07, 6.45) is 3.11. The predicted molar refractivity (Wildman–Crippen MR) is 85.6 cm³/mol. The maximum absolute atomic E-state index is 13.3. The fourth-order valence-electron chi connectivity index (χ4n) is 3.09. The Hall–Kier alpha value is -1.19. The van der Waals surface area contributed by atoms with Gasteiger partial charge in [0.25, 0.3) is 0 Å². The van der Waals surface area contributed by atoms with Crippen molar-refractivity contribution in [1.82, 2.24) is 0 Å². The van der Waals surface area contributed by atoms with Gasteiger partial charge in [0, 0.05) is 4.47 Å². The molecule has 0 saturated heterocycles. The molecule has 3 rings (SSSR count). The summed E-state index contributed by atoms with van der Waals surface area (Å²) in [5, 5.41) is 0. The van der Waals surface area contributed by atoms with Gasteiger partial charge in [-0.15, -0.1) is 0 Å². The zero-order valence-corrected chi connectivity index (χ0v) is 13.6. The first-order valence-corrected chi connectivity index (χ1v) is 8.14. The molecule has 1 atom stereocenters. The molecule has 1 aliphatic rings. The number of hydrogen-bond donors (Lipinski definition) is 0. The zero-order valence-electron chi connectivity index (χ0n) is 12.0. The average molecular weight is 349 g/mol. The van der Waals surface area contributed by atoms with Crippen LogP contribution in [0.3, 0.4) is 0 Å². The first kappa shape index (κ1) is 14.7. The van der Waals surface area contributed by atoms with Gasteiger partial charge < -0.3 is 4.74 Å². The molecule has 2 aromatic rings. The van der Waals surface area contributed by atoms with E-state index >= 15 is 0 Å². The molecule has 2 aromatic carbocycles. The number of ether oxygens (including phenoxy) is 1. The Balaban J connectivity index is 2.10. The van der Waals surface area contributed by atoms with Crippen molar-refractivity contribution in [3.05, 3.63) is 69.4 Å². The summed E-state index contributed by atoms with van der Waals surface area (Å²) in [7, 11) is 0. The molecule has 0 saturated carbocycles. The SMILES string of the molecule is CCCCC1(c2ccc(F)cc2)OCc2cc(Br)ccc21. The Morgan fingerprint density at radius 3 is 2.67 bits per heavy atom. The Morgan fingerprint density at radius 1 is 1.19 bits per heavy atom. The summed E-state index contributed by atoms with van der Waals surface area (Å²) in [6.45, 7) is 2.78. The van der Waals surface area contributed by atoms with Crippen molar-refractivity contribution < 1.29 is 9.13 Å². The second-order valence-corrected chi connectivity index (χ2v) is 6.44. The fourth-order valence-corrected chi connectivity index (χ4v) is 3.50. The van der Waals surface area contributed by atoms with E-state index < -0.39 is 5.60 Å². The van der Waals surface area contributed by atoms with Crippen LogP contribution in [0.15, 0.2) is 46.9 Å². The van der Waals surface area contributed by atoms with Crippen LogP contribution in [0.2, 0.25) is 0 Å². The highest BCUT2D eigenvalue weighted by Gasteiger charge is 2.41. The van der Waals surface area contributed by atoms with Crippen molar-refractivity contribution in [1.29, 1.82) is 0 Å². The maximum atomic E-state index is 13.3. The van der Waals surface area contributed by atoms with Crippen LogP contribution in [0.25, 0.3) is 0 Å². The third kappa shape index (κ3) is 2.65. The highest BCUT2D eigenvalue weighted by atomic mass is 79.9. The highest BCUT2D eigenvalue weighted by molar-refractivity contribution is 9.10. The van der Waals surface area contributed by atoms with E-state index in [2.05, 4.69) is 41.1 Å². The van der Waals surface area contributed by atoms with Gasteiger partial charge in [-0.25, -0.2) is 4.39 Å². The molecule has 0 fully saturated rings. The van der Waals surface area contributed by atoms with Gasteiger partial charge in [0.2, 0.25) is 0 Å². The lowest BCUT2D eigenvalue weighted by atomic mass is 9.82. The summed E-state index contributed by atoms with van der Waals surface area (Å²) in [4.78, 5) is 0. The summed E-state index contributed by atoms with van der Waals surface area (Å²) in [6, 6.07) is 13.0. The van der Waals surface area contributed by atoms with Gasteiger partial charge in [0.15, 0.2) is 0 Å². The van der Waals surface area contributed by atoms with Crippen LogP contribution in [0, 0.1) is 5.82 Å². The fraction of sp³-hybridized carbons (Fsp3) is 0.333. The third-order valence-corrected chi connectivity index (χ3v) is 4.66. The van der Waals surface area contributed by atoms with Crippen molar-refractivity contribution in [2.24, 2.45) is 0 Å². The maximum Gasteiger partial charge on any atom is 0.123 e. The molecule has 1 nitrogen and oxygen atoms in total. The van der Waals surface area contributed by atoms with Gasteiger partial charge in [-0.1, -0.05) is 53.9 Å². The minimum absolute atomic E-state index is 0.210. The second-order valence-electron chi connectivity index (χ2n) is 5.53. The highest BCUT2D eigenvalue weighted by Crippen LogP contribution is 2.46. The molecule has 1 aliphatic heterocycles. The van der Waals surface area contributed by atoms with Crippen LogP contribution in [0.5, 0.6) is 0 Å². The van der Waals surface area contributed by atoms with Gasteiger partial charge in [-0.2, -0.15) is 0 Å². The lowest BCUT2D eigenvalue weighted by Gasteiger charge is -2.30. The summed E-state index contributed by atoms with van der Waals surface area (Å²) in [5.74, 6) is -0.210. The molecule has 0 spiro atoms. The molecule has 0 bridgehead atoms. The number of hydrogen-bond acceptors (Lipinski definition) is 1. The summed E-state index contributed by atoms with van der Waals surface area (Å²) < 4.78 is 20.6. The van der Waals surface area contributed by atoms with Gasteiger partial charge >= 0.3 is 0 Å². The van der Waals surface area contributed by atoms with Crippen LogP contribution in [-0.2, 0) is 16.9 Å². The Kier molecular flexibility index (Phi) is 4.14. The smallest absolute Gasteiger partial charge is 0.123 e. The Bertz CT molecular complexity index is 638. The van der Waals surface area contributed by atoms with Crippen LogP contribution in [0.4, 0.5) is 4.39 Å². The van der Waals surface area contributed by atoms with Crippen molar-refractivity contribution in [3.8, 4) is 0 Å². The normalized spacial score (nSPS) is 20.5. The molecule has 0 radical (unpaired) electrons. The molecule has 1 unspecified atom stereocenters. The lowest BCUT2D eigenvalue weighted by Crippen LogP contribution is -2.27. The largest absolute Gasteiger partial charge is 0.361 e. The molecule has 0 aliphatic carbocycles. The Labute approximate surface area is 133 Å². The lowest BCUT2D eigenvalue weighted by molar-refractivity contribution is -0.0131. The minimum atomic E-state index is -0.431. The first-order chi connectivity index (χ1) is 10.2. The van der Waals surface area contributed by atoms with E-state index in [9.17, 15) is 4.39 Å². The number of rotatable bonds is 4. The van der Waals surface area contributed by atoms with E-state index in [1.54, 1.807) is 0 Å². The second kappa shape index (κ2) is 5.90. The molecular formula is C18H18BrFO.